The molecule has 0 saturated heterocycles. The van der Waals surface area contributed by atoms with Crippen LogP contribution in [0.15, 0.2) is 38.5 Å². The van der Waals surface area contributed by atoms with Crippen molar-refractivity contribution in [2.45, 2.75) is 6.61 Å². The van der Waals surface area contributed by atoms with Crippen molar-refractivity contribution in [1.29, 1.82) is 0 Å². The van der Waals surface area contributed by atoms with Crippen LogP contribution in [0.2, 0.25) is 0 Å². The Balaban J connectivity index is 1.70. The van der Waals surface area contributed by atoms with Crippen LogP contribution in [-0.2, 0) is 6.61 Å². The number of hydrogen-bond donors (Lipinski definition) is 0. The van der Waals surface area contributed by atoms with E-state index in [1.54, 1.807) is 32.4 Å². The minimum atomic E-state index is 0.163. The third-order valence-corrected chi connectivity index (χ3v) is 4.55. The van der Waals surface area contributed by atoms with Gasteiger partial charge in [-0.1, -0.05) is 0 Å². The van der Waals surface area contributed by atoms with Gasteiger partial charge in [-0.2, -0.15) is 0 Å². The summed E-state index contributed by atoms with van der Waals surface area (Å²) in [5.74, 6) is 2.76. The highest BCUT2D eigenvalue weighted by molar-refractivity contribution is 9.11. The van der Waals surface area contributed by atoms with E-state index < -0.39 is 0 Å². The van der Waals surface area contributed by atoms with E-state index in [1.807, 2.05) is 12.1 Å². The summed E-state index contributed by atoms with van der Waals surface area (Å²) in [6.45, 7) is 0.163. The highest BCUT2D eigenvalue weighted by Crippen LogP contribution is 2.31. The first-order chi connectivity index (χ1) is 11.2. The van der Waals surface area contributed by atoms with Crippen molar-refractivity contribution in [3.8, 4) is 28.0 Å². The number of halogens is 1. The topological polar surface area (TPSA) is 66.6 Å². The number of hydrogen-bond acceptors (Lipinski definition) is 7. The minimum absolute atomic E-state index is 0.163. The third kappa shape index (κ3) is 3.83. The summed E-state index contributed by atoms with van der Waals surface area (Å²) in [5, 5.41) is 8.01. The second kappa shape index (κ2) is 7.01. The van der Waals surface area contributed by atoms with Crippen LogP contribution in [0.25, 0.3) is 10.8 Å². The quantitative estimate of drug-likeness (QED) is 0.623. The molecule has 23 heavy (non-hydrogen) atoms. The molecule has 0 fully saturated rings. The Morgan fingerprint density at radius 3 is 2.35 bits per heavy atom. The van der Waals surface area contributed by atoms with Crippen LogP contribution in [0.5, 0.6) is 17.2 Å². The van der Waals surface area contributed by atoms with Gasteiger partial charge in [-0.15, -0.1) is 21.5 Å². The summed E-state index contributed by atoms with van der Waals surface area (Å²) in [4.78, 5) is 0.902. The van der Waals surface area contributed by atoms with E-state index >= 15 is 0 Å². The van der Waals surface area contributed by atoms with E-state index in [9.17, 15) is 0 Å². The average Bonchev–Trinajstić information content (AvgIpc) is 3.21. The Kier molecular flexibility index (Phi) is 4.82. The first-order valence-corrected chi connectivity index (χ1v) is 8.23. The molecule has 2 heterocycles. The lowest BCUT2D eigenvalue weighted by Crippen LogP contribution is -1.97. The first kappa shape index (κ1) is 15.8. The van der Waals surface area contributed by atoms with Crippen LogP contribution < -0.4 is 14.2 Å². The van der Waals surface area contributed by atoms with Crippen LogP contribution in [0.4, 0.5) is 0 Å². The molecule has 1 aromatic carbocycles. The molecule has 0 atom stereocenters. The van der Waals surface area contributed by atoms with Crippen LogP contribution in [0, 0.1) is 0 Å². The van der Waals surface area contributed by atoms with Crippen LogP contribution in [-0.4, -0.2) is 24.4 Å². The molecule has 0 aliphatic carbocycles. The van der Waals surface area contributed by atoms with Gasteiger partial charge in [0.15, 0.2) is 6.61 Å². The Morgan fingerprint density at radius 1 is 1.04 bits per heavy atom. The smallest absolute Gasteiger partial charge is 0.257 e. The summed E-state index contributed by atoms with van der Waals surface area (Å²) in [6.07, 6.45) is 0. The van der Waals surface area contributed by atoms with Gasteiger partial charge in [0, 0.05) is 18.2 Å². The fourth-order valence-corrected chi connectivity index (χ4v) is 3.16. The van der Waals surface area contributed by atoms with E-state index in [1.165, 1.54) is 11.3 Å². The van der Waals surface area contributed by atoms with Gasteiger partial charge in [0.1, 0.15) is 17.2 Å². The van der Waals surface area contributed by atoms with E-state index in [4.69, 9.17) is 18.6 Å². The average molecular weight is 397 g/mol. The molecule has 0 unspecified atom stereocenters. The molecule has 3 aromatic rings. The van der Waals surface area contributed by atoms with Crippen molar-refractivity contribution in [1.82, 2.24) is 10.2 Å². The molecule has 0 amide bonds. The number of benzene rings is 1. The summed E-state index contributed by atoms with van der Waals surface area (Å²) in [5.41, 5.74) is 0. The van der Waals surface area contributed by atoms with Gasteiger partial charge in [-0.3, -0.25) is 0 Å². The lowest BCUT2D eigenvalue weighted by molar-refractivity contribution is 0.261. The van der Waals surface area contributed by atoms with Crippen molar-refractivity contribution >= 4 is 27.3 Å². The van der Waals surface area contributed by atoms with E-state index in [0.29, 0.717) is 29.0 Å². The fraction of sp³-hybridized carbons (Fsp3) is 0.200. The Morgan fingerprint density at radius 2 is 1.74 bits per heavy atom. The van der Waals surface area contributed by atoms with Gasteiger partial charge < -0.3 is 18.6 Å². The molecule has 0 saturated carbocycles. The summed E-state index contributed by atoms with van der Waals surface area (Å²) in [6, 6.07) is 9.14. The summed E-state index contributed by atoms with van der Waals surface area (Å²) in [7, 11) is 3.17. The van der Waals surface area contributed by atoms with Crippen LogP contribution in [0.1, 0.15) is 5.89 Å². The maximum absolute atomic E-state index is 5.67. The van der Waals surface area contributed by atoms with Crippen LogP contribution in [0.3, 0.4) is 0 Å². The molecular weight excluding hydrogens is 384 g/mol. The molecule has 0 N–H and O–H groups in total. The molecule has 2 aromatic heterocycles. The number of nitrogens with zero attached hydrogens (tertiary/aromatic N) is 2. The monoisotopic (exact) mass is 396 g/mol. The maximum atomic E-state index is 5.67. The largest absolute Gasteiger partial charge is 0.496 e. The van der Waals surface area contributed by atoms with E-state index in [2.05, 4.69) is 26.1 Å². The Hall–Kier alpha value is -2.06. The summed E-state index contributed by atoms with van der Waals surface area (Å²) < 4.78 is 22.7. The number of thiophene rings is 1. The molecular formula is C15H13BrN2O4S. The van der Waals surface area contributed by atoms with Gasteiger partial charge in [-0.05, 0) is 28.1 Å². The maximum Gasteiger partial charge on any atom is 0.257 e. The molecule has 0 bridgehead atoms. The van der Waals surface area contributed by atoms with Crippen LogP contribution >= 0.6 is 27.3 Å². The Labute approximate surface area is 145 Å². The minimum Gasteiger partial charge on any atom is -0.496 e. The zero-order valence-electron chi connectivity index (χ0n) is 12.4. The van der Waals surface area contributed by atoms with Crippen molar-refractivity contribution in [3.63, 3.8) is 0 Å². The second-order valence-corrected chi connectivity index (χ2v) is 6.90. The lowest BCUT2D eigenvalue weighted by Gasteiger charge is -2.08. The zero-order valence-corrected chi connectivity index (χ0v) is 14.8. The van der Waals surface area contributed by atoms with Gasteiger partial charge in [0.05, 0.1) is 22.9 Å². The lowest BCUT2D eigenvalue weighted by atomic mass is 10.3. The predicted molar refractivity (Wildman–Crippen MR) is 89.2 cm³/mol. The number of rotatable bonds is 6. The summed E-state index contributed by atoms with van der Waals surface area (Å²) >= 11 is 4.93. The zero-order chi connectivity index (χ0) is 16.2. The SMILES string of the molecule is COc1cc(OC)cc(OCc2nnc(-c3ccc(Br)s3)o2)c1. The molecule has 120 valence electrons. The highest BCUT2D eigenvalue weighted by atomic mass is 79.9. The van der Waals surface area contributed by atoms with Gasteiger partial charge in [-0.25, -0.2) is 0 Å². The first-order valence-electron chi connectivity index (χ1n) is 6.62. The molecule has 0 radical (unpaired) electrons. The normalized spacial score (nSPS) is 10.6. The standard InChI is InChI=1S/C15H13BrN2O4S/c1-19-9-5-10(20-2)7-11(6-9)21-8-14-17-18-15(22-14)12-3-4-13(16)23-12/h3-7H,8H2,1-2H3. The van der Waals surface area contributed by atoms with Crippen molar-refractivity contribution < 1.29 is 18.6 Å². The van der Waals surface area contributed by atoms with Gasteiger partial charge >= 0.3 is 0 Å². The van der Waals surface area contributed by atoms with Crippen molar-refractivity contribution in [3.05, 3.63) is 40.0 Å². The third-order valence-electron chi connectivity index (χ3n) is 2.94. The van der Waals surface area contributed by atoms with Gasteiger partial charge in [0.2, 0.25) is 0 Å². The molecule has 3 rings (SSSR count). The Bertz CT molecular complexity index is 780. The number of methoxy groups -OCH3 is 2. The molecule has 0 aliphatic rings. The fourth-order valence-electron chi connectivity index (χ4n) is 1.85. The molecule has 8 heteroatoms. The van der Waals surface area contributed by atoms with E-state index in [-0.39, 0.29) is 6.61 Å². The second-order valence-electron chi connectivity index (χ2n) is 4.44. The van der Waals surface area contributed by atoms with Gasteiger partial charge in [0.25, 0.3) is 11.8 Å². The van der Waals surface area contributed by atoms with Crippen molar-refractivity contribution in [2.24, 2.45) is 0 Å². The number of ether oxygens (including phenoxy) is 3. The van der Waals surface area contributed by atoms with Crippen molar-refractivity contribution in [2.75, 3.05) is 14.2 Å². The molecule has 0 spiro atoms. The predicted octanol–water partition coefficient (Wildman–Crippen LogP) is 4.16. The highest BCUT2D eigenvalue weighted by Gasteiger charge is 2.11. The number of aromatic nitrogens is 2. The molecule has 0 aliphatic heterocycles. The van der Waals surface area contributed by atoms with E-state index in [0.717, 1.165) is 8.66 Å². The molecule has 6 nitrogen and oxygen atoms in total.